The molecule has 0 aromatic carbocycles. The van der Waals surface area contributed by atoms with Crippen molar-refractivity contribution < 1.29 is 24.5 Å². The summed E-state index contributed by atoms with van der Waals surface area (Å²) < 4.78 is 5.46. The first-order valence-corrected chi connectivity index (χ1v) is 27.8. The number of ether oxygens (including phenoxy) is 1. The second-order valence-corrected chi connectivity index (χ2v) is 18.9. The fourth-order valence-corrected chi connectivity index (χ4v) is 8.37. The highest BCUT2D eigenvalue weighted by molar-refractivity contribution is 5.76. The van der Waals surface area contributed by atoms with Crippen LogP contribution in [0, 0.1) is 0 Å². The lowest BCUT2D eigenvalue weighted by molar-refractivity contribution is -0.143. The molecule has 2 atom stereocenters. The summed E-state index contributed by atoms with van der Waals surface area (Å²) in [5.74, 6) is -0.0685. The highest BCUT2D eigenvalue weighted by Crippen LogP contribution is 2.16. The molecule has 0 rings (SSSR count). The van der Waals surface area contributed by atoms with Crippen molar-refractivity contribution in [2.45, 2.75) is 302 Å². The molecule has 0 spiro atoms. The number of unbranched alkanes of at least 4 members (excludes halogenated alkanes) is 36. The molecule has 0 bridgehead atoms. The molecule has 2 unspecified atom stereocenters. The third kappa shape index (κ3) is 49.4. The van der Waals surface area contributed by atoms with E-state index in [9.17, 15) is 19.8 Å². The van der Waals surface area contributed by atoms with Crippen LogP contribution in [-0.2, 0) is 14.3 Å². The number of rotatable bonds is 51. The van der Waals surface area contributed by atoms with Crippen molar-refractivity contribution >= 4 is 11.9 Å². The topological polar surface area (TPSA) is 95.9 Å². The van der Waals surface area contributed by atoms with Gasteiger partial charge in [-0.25, -0.2) is 0 Å². The van der Waals surface area contributed by atoms with E-state index < -0.39 is 12.1 Å². The molecular weight excluding hydrogens is 779 g/mol. The van der Waals surface area contributed by atoms with Gasteiger partial charge in [0.1, 0.15) is 0 Å². The minimum atomic E-state index is -0.846. The molecule has 0 aliphatic heterocycles. The van der Waals surface area contributed by atoms with Crippen molar-refractivity contribution in [3.05, 3.63) is 36.5 Å². The molecule has 3 N–H and O–H groups in total. The molecule has 0 saturated heterocycles. The molecule has 6 nitrogen and oxygen atoms in total. The van der Waals surface area contributed by atoms with E-state index in [1.807, 2.05) is 6.08 Å². The van der Waals surface area contributed by atoms with Crippen molar-refractivity contribution in [2.24, 2.45) is 0 Å². The lowest BCUT2D eigenvalue weighted by Crippen LogP contribution is -2.45. The Morgan fingerprint density at radius 3 is 1.21 bits per heavy atom. The van der Waals surface area contributed by atoms with Crippen molar-refractivity contribution in [3.8, 4) is 0 Å². The number of allylic oxidation sites excluding steroid dienone is 5. The Labute approximate surface area is 392 Å². The Bertz CT molecular complexity index is 1020. The molecule has 63 heavy (non-hydrogen) atoms. The molecule has 0 radical (unpaired) electrons. The van der Waals surface area contributed by atoms with Gasteiger partial charge in [0.15, 0.2) is 0 Å². The van der Waals surface area contributed by atoms with Crippen LogP contribution < -0.4 is 5.32 Å². The van der Waals surface area contributed by atoms with E-state index in [-0.39, 0.29) is 18.5 Å². The average molecular weight is 886 g/mol. The molecule has 0 aliphatic carbocycles. The molecular formula is C57H107NO5. The van der Waals surface area contributed by atoms with Crippen LogP contribution in [0.25, 0.3) is 0 Å². The van der Waals surface area contributed by atoms with E-state index in [0.717, 1.165) is 44.9 Å². The zero-order valence-electron chi connectivity index (χ0n) is 42.1. The fraction of sp³-hybridized carbons (Fsp3) is 0.860. The van der Waals surface area contributed by atoms with Crippen LogP contribution in [0.3, 0.4) is 0 Å². The van der Waals surface area contributed by atoms with Gasteiger partial charge in [0, 0.05) is 12.8 Å². The molecule has 0 saturated carbocycles. The molecule has 0 fully saturated rings. The quantitative estimate of drug-likeness (QED) is 0.0321. The van der Waals surface area contributed by atoms with Gasteiger partial charge in [-0.05, 0) is 64.2 Å². The summed E-state index contributed by atoms with van der Waals surface area (Å²) >= 11 is 0. The van der Waals surface area contributed by atoms with E-state index in [1.165, 1.54) is 218 Å². The zero-order chi connectivity index (χ0) is 45.8. The number of hydrogen-bond donors (Lipinski definition) is 3. The minimum absolute atomic E-state index is 0.00865. The van der Waals surface area contributed by atoms with Crippen LogP contribution >= 0.6 is 0 Å². The molecule has 0 aromatic rings. The van der Waals surface area contributed by atoms with Gasteiger partial charge in [-0.15, -0.1) is 0 Å². The van der Waals surface area contributed by atoms with Gasteiger partial charge in [-0.1, -0.05) is 249 Å². The summed E-state index contributed by atoms with van der Waals surface area (Å²) in [5.41, 5.74) is 0. The summed E-state index contributed by atoms with van der Waals surface area (Å²) in [7, 11) is 0. The van der Waals surface area contributed by atoms with Crippen LogP contribution in [0.5, 0.6) is 0 Å². The number of esters is 1. The van der Waals surface area contributed by atoms with Gasteiger partial charge in [0.05, 0.1) is 25.4 Å². The zero-order valence-corrected chi connectivity index (χ0v) is 42.1. The monoisotopic (exact) mass is 886 g/mol. The first-order chi connectivity index (χ1) is 31.0. The standard InChI is InChI=1S/C57H107NO5/c1-3-5-7-9-11-13-14-31-35-39-43-47-51-57(62)63-52-48-44-40-36-32-29-27-25-23-21-19-17-15-16-18-20-22-24-26-28-30-34-38-42-46-50-56(61)58-54(53-59)55(60)49-45-41-37-33-12-10-8-6-4-2/h16-19,45,49,54-55,59-60H,3-15,20-44,46-48,50-53H2,1-2H3,(H,58,61)/b18-16-,19-17-,49-45+. The van der Waals surface area contributed by atoms with E-state index >= 15 is 0 Å². The lowest BCUT2D eigenvalue weighted by atomic mass is 10.0. The smallest absolute Gasteiger partial charge is 0.305 e. The summed E-state index contributed by atoms with van der Waals surface area (Å²) in [6, 6.07) is -0.630. The number of carbonyl (C=O) groups is 2. The van der Waals surface area contributed by atoms with Gasteiger partial charge in [-0.2, -0.15) is 0 Å². The van der Waals surface area contributed by atoms with Crippen LogP contribution in [0.4, 0.5) is 0 Å². The van der Waals surface area contributed by atoms with Gasteiger partial charge < -0.3 is 20.3 Å². The normalized spacial score (nSPS) is 12.9. The summed E-state index contributed by atoms with van der Waals surface area (Å²) in [6.45, 7) is 4.87. The van der Waals surface area contributed by atoms with E-state index in [1.54, 1.807) is 6.08 Å². The molecule has 0 aromatic heterocycles. The summed E-state index contributed by atoms with van der Waals surface area (Å²) in [6.07, 6.45) is 64.6. The first-order valence-electron chi connectivity index (χ1n) is 27.8. The van der Waals surface area contributed by atoms with E-state index in [2.05, 4.69) is 43.5 Å². The molecule has 1 amide bonds. The van der Waals surface area contributed by atoms with Gasteiger partial charge in [0.2, 0.25) is 5.91 Å². The predicted octanol–water partition coefficient (Wildman–Crippen LogP) is 16.9. The maximum Gasteiger partial charge on any atom is 0.305 e. The Morgan fingerprint density at radius 1 is 0.444 bits per heavy atom. The van der Waals surface area contributed by atoms with Crippen LogP contribution in [0.1, 0.15) is 290 Å². The maximum absolute atomic E-state index is 12.4. The lowest BCUT2D eigenvalue weighted by Gasteiger charge is -2.20. The SMILES string of the molecule is CCCCCCCCC/C=C/C(O)C(CO)NC(=O)CCCCCCCCCCC/C=C\C/C=C\CCCCCCCCCCCOC(=O)CCCCCCCCCCCCCC. The number of amides is 1. The van der Waals surface area contributed by atoms with Gasteiger partial charge in [0.25, 0.3) is 0 Å². The first kappa shape index (κ1) is 61.1. The van der Waals surface area contributed by atoms with Crippen molar-refractivity contribution in [3.63, 3.8) is 0 Å². The number of nitrogens with one attached hydrogen (secondary N) is 1. The summed E-state index contributed by atoms with van der Waals surface area (Å²) in [5, 5.41) is 22.9. The average Bonchev–Trinajstić information content (AvgIpc) is 3.28. The highest BCUT2D eigenvalue weighted by Gasteiger charge is 2.18. The molecule has 0 heterocycles. The highest BCUT2D eigenvalue weighted by atomic mass is 16.5. The van der Waals surface area contributed by atoms with Gasteiger partial charge in [-0.3, -0.25) is 9.59 Å². The number of carbonyl (C=O) groups excluding carboxylic acids is 2. The third-order valence-electron chi connectivity index (χ3n) is 12.7. The number of aliphatic hydroxyl groups excluding tert-OH is 2. The minimum Gasteiger partial charge on any atom is -0.466 e. The maximum atomic E-state index is 12.4. The molecule has 370 valence electrons. The second-order valence-electron chi connectivity index (χ2n) is 18.9. The predicted molar refractivity (Wildman–Crippen MR) is 273 cm³/mol. The Balaban J connectivity index is 3.43. The largest absolute Gasteiger partial charge is 0.466 e. The van der Waals surface area contributed by atoms with Crippen LogP contribution in [0.15, 0.2) is 36.5 Å². The van der Waals surface area contributed by atoms with E-state index in [4.69, 9.17) is 4.74 Å². The van der Waals surface area contributed by atoms with Gasteiger partial charge >= 0.3 is 5.97 Å². The van der Waals surface area contributed by atoms with Crippen LogP contribution in [0.2, 0.25) is 0 Å². The fourth-order valence-electron chi connectivity index (χ4n) is 8.37. The third-order valence-corrected chi connectivity index (χ3v) is 12.7. The number of aliphatic hydroxyl groups is 2. The molecule has 0 aliphatic rings. The van der Waals surface area contributed by atoms with Crippen molar-refractivity contribution in [2.75, 3.05) is 13.2 Å². The summed E-state index contributed by atoms with van der Waals surface area (Å²) in [4.78, 5) is 24.4. The van der Waals surface area contributed by atoms with Crippen LogP contribution in [-0.4, -0.2) is 47.4 Å². The molecule has 6 heteroatoms. The Morgan fingerprint density at radius 2 is 0.794 bits per heavy atom. The van der Waals surface area contributed by atoms with Crippen molar-refractivity contribution in [1.82, 2.24) is 5.32 Å². The van der Waals surface area contributed by atoms with Crippen molar-refractivity contribution in [1.29, 1.82) is 0 Å². The second kappa shape index (κ2) is 52.7. The Hall–Kier alpha value is -1.92. The van der Waals surface area contributed by atoms with E-state index in [0.29, 0.717) is 19.4 Å². The Kier molecular flexibility index (Phi) is 51.1. The number of hydrogen-bond acceptors (Lipinski definition) is 5.